The molecule has 0 amide bonds. The first-order valence-electron chi connectivity index (χ1n) is 9.60. The average molecular weight is 363 g/mol. The summed E-state index contributed by atoms with van der Waals surface area (Å²) in [6.07, 6.45) is 6.54. The number of benzene rings is 1. The Bertz CT molecular complexity index is 965. The van der Waals surface area contributed by atoms with Crippen molar-refractivity contribution < 1.29 is 4.74 Å². The third-order valence-corrected chi connectivity index (χ3v) is 5.35. The summed E-state index contributed by atoms with van der Waals surface area (Å²) in [4.78, 5) is 19.6. The molecule has 3 heterocycles. The largest absolute Gasteiger partial charge is 0.497 e. The van der Waals surface area contributed by atoms with E-state index in [1.165, 1.54) is 24.8 Å². The lowest BCUT2D eigenvalue weighted by atomic mass is 10.0. The third kappa shape index (κ3) is 3.88. The highest BCUT2D eigenvalue weighted by Gasteiger charge is 2.23. The first-order chi connectivity index (χ1) is 13.2. The van der Waals surface area contributed by atoms with E-state index in [0.717, 1.165) is 24.4 Å². The van der Waals surface area contributed by atoms with Gasteiger partial charge in [-0.3, -0.25) is 14.1 Å². The second-order valence-electron chi connectivity index (χ2n) is 7.12. The van der Waals surface area contributed by atoms with E-state index in [1.807, 2.05) is 30.3 Å². The summed E-state index contributed by atoms with van der Waals surface area (Å²) in [6, 6.07) is 16.0. The lowest BCUT2D eigenvalue weighted by molar-refractivity contribution is 0.190. The molecule has 0 aliphatic carbocycles. The molecular formula is C22H25N3O2. The summed E-state index contributed by atoms with van der Waals surface area (Å²) in [7, 11) is 1.69. The average Bonchev–Trinajstić information content (AvgIpc) is 2.93. The Labute approximate surface area is 159 Å². The van der Waals surface area contributed by atoms with E-state index in [4.69, 9.17) is 9.72 Å². The lowest BCUT2D eigenvalue weighted by Crippen LogP contribution is -2.29. The number of ether oxygens (including phenoxy) is 1. The van der Waals surface area contributed by atoms with Crippen LogP contribution in [0.2, 0.25) is 0 Å². The zero-order chi connectivity index (χ0) is 18.6. The molecule has 1 fully saturated rings. The van der Waals surface area contributed by atoms with Crippen molar-refractivity contribution in [2.75, 3.05) is 13.7 Å². The van der Waals surface area contributed by atoms with Crippen molar-refractivity contribution in [1.82, 2.24) is 14.3 Å². The van der Waals surface area contributed by atoms with Crippen LogP contribution >= 0.6 is 0 Å². The van der Waals surface area contributed by atoms with E-state index in [0.29, 0.717) is 18.2 Å². The molecule has 1 unspecified atom stereocenters. The molecule has 140 valence electrons. The van der Waals surface area contributed by atoms with Crippen LogP contribution in [-0.2, 0) is 6.54 Å². The Morgan fingerprint density at radius 2 is 1.96 bits per heavy atom. The summed E-state index contributed by atoms with van der Waals surface area (Å²) < 4.78 is 6.89. The predicted molar refractivity (Wildman–Crippen MR) is 106 cm³/mol. The first-order valence-corrected chi connectivity index (χ1v) is 9.60. The van der Waals surface area contributed by atoms with Crippen molar-refractivity contribution in [2.45, 2.75) is 38.3 Å². The highest BCUT2D eigenvalue weighted by molar-refractivity contribution is 5.38. The van der Waals surface area contributed by atoms with Gasteiger partial charge in [-0.05, 0) is 49.2 Å². The van der Waals surface area contributed by atoms with Crippen LogP contribution in [0.15, 0.2) is 59.5 Å². The van der Waals surface area contributed by atoms with Gasteiger partial charge < -0.3 is 4.74 Å². The number of rotatable bonds is 4. The zero-order valence-corrected chi connectivity index (χ0v) is 15.7. The Kier molecular flexibility index (Phi) is 5.21. The number of hydrogen-bond donors (Lipinski definition) is 0. The van der Waals surface area contributed by atoms with Gasteiger partial charge in [-0.1, -0.05) is 31.0 Å². The first kappa shape index (κ1) is 17.7. The van der Waals surface area contributed by atoms with Crippen LogP contribution < -0.4 is 10.3 Å². The molecule has 1 aliphatic rings. The molecule has 0 radical (unpaired) electrons. The van der Waals surface area contributed by atoms with Crippen LogP contribution in [-0.4, -0.2) is 27.9 Å². The van der Waals surface area contributed by atoms with Crippen LogP contribution in [0.4, 0.5) is 0 Å². The molecule has 0 saturated carbocycles. The fourth-order valence-corrected chi connectivity index (χ4v) is 3.95. The fourth-order valence-electron chi connectivity index (χ4n) is 3.95. The van der Waals surface area contributed by atoms with Crippen molar-refractivity contribution in [3.63, 3.8) is 0 Å². The van der Waals surface area contributed by atoms with Gasteiger partial charge in [-0.2, -0.15) is 0 Å². The smallest absolute Gasteiger partial charge is 0.258 e. The monoisotopic (exact) mass is 363 g/mol. The van der Waals surface area contributed by atoms with Gasteiger partial charge in [0.2, 0.25) is 0 Å². The van der Waals surface area contributed by atoms with Crippen molar-refractivity contribution in [3.8, 4) is 5.75 Å². The van der Waals surface area contributed by atoms with Gasteiger partial charge in [0, 0.05) is 24.8 Å². The predicted octanol–water partition coefficient (Wildman–Crippen LogP) is 3.82. The van der Waals surface area contributed by atoms with E-state index in [2.05, 4.69) is 17.0 Å². The van der Waals surface area contributed by atoms with Crippen LogP contribution in [0, 0.1) is 0 Å². The molecule has 0 bridgehead atoms. The minimum atomic E-state index is -0.0218. The van der Waals surface area contributed by atoms with E-state index in [1.54, 1.807) is 23.8 Å². The summed E-state index contributed by atoms with van der Waals surface area (Å²) >= 11 is 0. The minimum Gasteiger partial charge on any atom is -0.497 e. The maximum atomic E-state index is 12.4. The number of nitrogens with zero attached hydrogens (tertiary/aromatic N) is 3. The van der Waals surface area contributed by atoms with Crippen LogP contribution in [0.25, 0.3) is 5.65 Å². The van der Waals surface area contributed by atoms with Gasteiger partial charge >= 0.3 is 0 Å². The summed E-state index contributed by atoms with van der Waals surface area (Å²) in [6.45, 7) is 1.71. The van der Waals surface area contributed by atoms with Crippen molar-refractivity contribution in [1.29, 1.82) is 0 Å². The minimum absolute atomic E-state index is 0.0218. The summed E-state index contributed by atoms with van der Waals surface area (Å²) in [5, 5.41) is 0. The van der Waals surface area contributed by atoms with Crippen LogP contribution in [0.5, 0.6) is 5.75 Å². The molecule has 2 aromatic heterocycles. The lowest BCUT2D eigenvalue weighted by Gasteiger charge is -2.30. The van der Waals surface area contributed by atoms with Gasteiger partial charge in [0.05, 0.1) is 12.8 Å². The van der Waals surface area contributed by atoms with E-state index in [9.17, 15) is 4.79 Å². The molecule has 1 aromatic carbocycles. The fraction of sp³-hybridized carbons (Fsp3) is 0.364. The molecule has 1 atom stereocenters. The molecule has 5 heteroatoms. The number of pyridine rings is 1. The Morgan fingerprint density at radius 1 is 1.11 bits per heavy atom. The molecule has 1 aliphatic heterocycles. The van der Waals surface area contributed by atoms with Gasteiger partial charge in [-0.25, -0.2) is 4.98 Å². The molecule has 0 N–H and O–H groups in total. The Morgan fingerprint density at radius 3 is 2.78 bits per heavy atom. The van der Waals surface area contributed by atoms with Crippen molar-refractivity contribution in [3.05, 3.63) is 76.3 Å². The second kappa shape index (κ2) is 7.92. The maximum absolute atomic E-state index is 12.4. The number of hydrogen-bond acceptors (Lipinski definition) is 4. The Balaban J connectivity index is 1.63. The Hall–Kier alpha value is -2.66. The standard InChI is InChI=1S/C22H25N3O2/c1-27-19-11-9-17(10-12-19)20-7-3-2-5-13-24(20)16-18-15-22(26)25-14-6-4-8-21(25)23-18/h4,6,8-12,14-15,20H,2-3,5,7,13,16H2,1H3. The van der Waals surface area contributed by atoms with E-state index < -0.39 is 0 Å². The third-order valence-electron chi connectivity index (χ3n) is 5.35. The van der Waals surface area contributed by atoms with Crippen LogP contribution in [0.1, 0.15) is 43.0 Å². The molecule has 27 heavy (non-hydrogen) atoms. The van der Waals surface area contributed by atoms with Crippen molar-refractivity contribution >= 4 is 5.65 Å². The molecule has 3 aromatic rings. The molecule has 1 saturated heterocycles. The molecule has 0 spiro atoms. The van der Waals surface area contributed by atoms with Crippen LogP contribution in [0.3, 0.4) is 0 Å². The number of methoxy groups -OCH3 is 1. The van der Waals surface area contributed by atoms with Gasteiger partial charge in [-0.15, -0.1) is 0 Å². The number of likely N-dealkylation sites (tertiary alicyclic amines) is 1. The number of aromatic nitrogens is 2. The quantitative estimate of drug-likeness (QED) is 0.707. The highest BCUT2D eigenvalue weighted by atomic mass is 16.5. The maximum Gasteiger partial charge on any atom is 0.258 e. The molecule has 5 nitrogen and oxygen atoms in total. The second-order valence-corrected chi connectivity index (χ2v) is 7.12. The van der Waals surface area contributed by atoms with Gasteiger partial charge in [0.1, 0.15) is 11.4 Å². The molecular weight excluding hydrogens is 338 g/mol. The summed E-state index contributed by atoms with van der Waals surface area (Å²) in [5.41, 5.74) is 2.82. The molecule has 4 rings (SSSR count). The zero-order valence-electron chi connectivity index (χ0n) is 15.7. The normalized spacial score (nSPS) is 18.3. The van der Waals surface area contributed by atoms with E-state index in [-0.39, 0.29) is 5.56 Å². The van der Waals surface area contributed by atoms with Crippen molar-refractivity contribution in [2.24, 2.45) is 0 Å². The number of fused-ring (bicyclic) bond motifs is 1. The van der Waals surface area contributed by atoms with Gasteiger partial charge in [0.15, 0.2) is 0 Å². The topological polar surface area (TPSA) is 46.8 Å². The summed E-state index contributed by atoms with van der Waals surface area (Å²) in [5.74, 6) is 0.878. The SMILES string of the molecule is COc1ccc(C2CCCCCN2Cc2cc(=O)n3ccccc3n2)cc1. The highest BCUT2D eigenvalue weighted by Crippen LogP contribution is 2.32. The van der Waals surface area contributed by atoms with E-state index >= 15 is 0 Å². The van der Waals surface area contributed by atoms with Gasteiger partial charge in [0.25, 0.3) is 5.56 Å².